The van der Waals surface area contributed by atoms with Crippen LogP contribution in [0.3, 0.4) is 0 Å². The molecule has 0 aromatic heterocycles. The fraction of sp³-hybridized carbons (Fsp3) is 0.362. The van der Waals surface area contributed by atoms with Gasteiger partial charge < -0.3 is 46.9 Å². The van der Waals surface area contributed by atoms with Gasteiger partial charge >= 0.3 is 30.0 Å². The zero-order valence-electron chi connectivity index (χ0n) is 36.2. The van der Waals surface area contributed by atoms with Crippen LogP contribution in [0.4, 0.5) is 32.3 Å². The van der Waals surface area contributed by atoms with Crippen molar-refractivity contribution in [3.8, 4) is 0 Å². The number of carboxylic acid groups (broad SMARTS) is 1. The van der Waals surface area contributed by atoms with Crippen molar-refractivity contribution in [1.29, 1.82) is 0 Å². The van der Waals surface area contributed by atoms with Gasteiger partial charge in [0.25, 0.3) is 0 Å². The maximum absolute atomic E-state index is 12.3. The quantitative estimate of drug-likeness (QED) is 0.0566. The summed E-state index contributed by atoms with van der Waals surface area (Å²) in [6.45, 7) is 11.8. The topological polar surface area (TPSA) is 227 Å². The number of aliphatic carboxylic acids is 1. The number of carbonyl (C=O) groups is 6. The molecule has 2 atom stereocenters. The van der Waals surface area contributed by atoms with E-state index < -0.39 is 24.0 Å². The van der Waals surface area contributed by atoms with Crippen LogP contribution >= 0.6 is 0 Å². The van der Waals surface area contributed by atoms with E-state index in [-0.39, 0.29) is 50.1 Å². The van der Waals surface area contributed by atoms with E-state index in [1.165, 1.54) is 14.2 Å². The first-order valence-electron chi connectivity index (χ1n) is 19.8. The molecule has 0 bridgehead atoms. The number of ether oxygens (including phenoxy) is 2. The second-order valence-corrected chi connectivity index (χ2v) is 15.0. The van der Waals surface area contributed by atoms with Crippen molar-refractivity contribution >= 4 is 58.6 Å². The first-order chi connectivity index (χ1) is 28.9. The summed E-state index contributed by atoms with van der Waals surface area (Å²) in [5, 5.41) is 22.5. The Morgan fingerprint density at radius 3 is 1.35 bits per heavy atom. The number of nitrogens with two attached hydrogens (primary N) is 1. The molecule has 0 saturated heterocycles. The number of rotatable bonds is 15. The van der Waals surface area contributed by atoms with Crippen molar-refractivity contribution in [2.45, 2.75) is 86.7 Å². The Kier molecular flexibility index (Phi) is 24.0. The van der Waals surface area contributed by atoms with Crippen LogP contribution in [0.5, 0.6) is 0 Å². The second kappa shape index (κ2) is 27.9. The number of benzene rings is 4. The van der Waals surface area contributed by atoms with Crippen LogP contribution in [-0.2, 0) is 41.5 Å². The highest BCUT2D eigenvalue weighted by molar-refractivity contribution is 6.01. The fourth-order valence-corrected chi connectivity index (χ4v) is 5.60. The zero-order valence-corrected chi connectivity index (χ0v) is 36.2. The van der Waals surface area contributed by atoms with Crippen molar-refractivity contribution in [2.75, 3.05) is 35.5 Å². The molecule has 0 unspecified atom stereocenters. The number of nitrogens with one attached hydrogen (secondary N) is 5. The molecule has 8 N–H and O–H groups in total. The van der Waals surface area contributed by atoms with Crippen LogP contribution < -0.4 is 32.3 Å². The van der Waals surface area contributed by atoms with Crippen molar-refractivity contribution in [3.63, 3.8) is 0 Å². The number of hydrogen-bond donors (Lipinski definition) is 7. The number of carbonyl (C=O) groups excluding carboxylic acids is 5. The minimum Gasteiger partial charge on any atom is -0.481 e. The molecule has 0 spiro atoms. The fourth-order valence-electron chi connectivity index (χ4n) is 5.60. The third-order valence-corrected chi connectivity index (χ3v) is 8.69. The maximum atomic E-state index is 12.3. The summed E-state index contributed by atoms with van der Waals surface area (Å²) in [4.78, 5) is 69.5. The van der Waals surface area contributed by atoms with Gasteiger partial charge in [-0.2, -0.15) is 0 Å². The molecule has 0 aliphatic rings. The molecule has 0 aliphatic heterocycles. The Morgan fingerprint density at radius 1 is 0.581 bits per heavy atom. The average molecular weight is 857 g/mol. The van der Waals surface area contributed by atoms with E-state index in [0.717, 1.165) is 28.1 Å². The summed E-state index contributed by atoms with van der Waals surface area (Å²) < 4.78 is 9.22. The Labute approximate surface area is 365 Å². The Morgan fingerprint density at radius 2 is 0.984 bits per heavy atom. The SMILES string of the molecule is C.COC(=O)[C@@H](N)CC(C)C.COC(=O)[C@H](CC(C)C)NC(=O)Cc1ccc(NC(=O)Nc2ccccc2C)cc1.Cc1ccccc1NC(=O)Nc1ccc(CC(=O)O)cc1. The Balaban J connectivity index is 0.000000520. The molecule has 62 heavy (non-hydrogen) atoms. The number of esters is 2. The minimum atomic E-state index is -0.881. The minimum absolute atomic E-state index is 0. The molecule has 0 saturated carbocycles. The predicted octanol–water partition coefficient (Wildman–Crippen LogP) is 8.32. The highest BCUT2D eigenvalue weighted by Gasteiger charge is 2.22. The number of amides is 5. The number of urea groups is 2. The van der Waals surface area contributed by atoms with Crippen LogP contribution in [0.25, 0.3) is 0 Å². The number of anilines is 4. The van der Waals surface area contributed by atoms with E-state index in [4.69, 9.17) is 15.6 Å². The summed E-state index contributed by atoms with van der Waals surface area (Å²) in [7, 11) is 2.66. The Bertz CT molecular complexity index is 2040. The largest absolute Gasteiger partial charge is 0.481 e. The molecule has 0 fully saturated rings. The molecule has 4 aromatic rings. The molecule has 336 valence electrons. The standard InChI is InChI=1S/C23H29N3O4.C16H16N2O3.C7H15NO2.CH4/c1-15(2)13-20(22(28)30-4)25-21(27)14-17-9-11-18(12-10-17)24-23(29)26-19-8-6-5-7-16(19)3;1-11-4-2-3-5-14(11)18-16(21)17-13-8-6-12(7-9-13)10-15(19)20;1-5(2)4-6(8)7(9)10-3;/h5-12,15,20H,13-14H2,1-4H3,(H,25,27)(H2,24,26,29);2-9H,10H2,1H3,(H,19,20)(H2,17,18,21);5-6H,4,8H2,1-3H3;1H4/t20-;;6-;/m0.0./s1. The highest BCUT2D eigenvalue weighted by Crippen LogP contribution is 2.17. The molecule has 15 nitrogen and oxygen atoms in total. The van der Waals surface area contributed by atoms with E-state index in [9.17, 15) is 28.8 Å². The van der Waals surface area contributed by atoms with E-state index in [1.54, 1.807) is 48.5 Å². The number of carboxylic acids is 1. The van der Waals surface area contributed by atoms with E-state index in [0.29, 0.717) is 35.7 Å². The average Bonchev–Trinajstić information content (AvgIpc) is 3.20. The summed E-state index contributed by atoms with van der Waals surface area (Å²) in [5.74, 6) is -1.23. The van der Waals surface area contributed by atoms with E-state index in [1.807, 2.05) is 90.1 Å². The van der Waals surface area contributed by atoms with Crippen LogP contribution in [-0.4, -0.2) is 67.3 Å². The highest BCUT2D eigenvalue weighted by atomic mass is 16.5. The molecular formula is C47H64N6O9. The normalized spacial score (nSPS) is 11.1. The van der Waals surface area contributed by atoms with Gasteiger partial charge in [-0.25, -0.2) is 14.4 Å². The lowest BCUT2D eigenvalue weighted by Gasteiger charge is -2.18. The van der Waals surface area contributed by atoms with Gasteiger partial charge in [0.05, 0.1) is 27.1 Å². The Hall–Kier alpha value is -6.74. The van der Waals surface area contributed by atoms with Gasteiger partial charge in [-0.05, 0) is 97.2 Å². The molecule has 4 rings (SSSR count). The third kappa shape index (κ3) is 21.0. The van der Waals surface area contributed by atoms with Gasteiger partial charge in [-0.15, -0.1) is 0 Å². The summed E-state index contributed by atoms with van der Waals surface area (Å²) in [6.07, 6.45) is 1.29. The smallest absolute Gasteiger partial charge is 0.328 e. The van der Waals surface area contributed by atoms with Gasteiger partial charge in [0.15, 0.2) is 0 Å². The van der Waals surface area contributed by atoms with Crippen molar-refractivity contribution in [1.82, 2.24) is 5.32 Å². The monoisotopic (exact) mass is 856 g/mol. The lowest BCUT2D eigenvalue weighted by molar-refractivity contribution is -0.145. The lowest BCUT2D eigenvalue weighted by Crippen LogP contribution is -2.43. The van der Waals surface area contributed by atoms with Gasteiger partial charge in [-0.3, -0.25) is 14.4 Å². The summed E-state index contributed by atoms with van der Waals surface area (Å²) in [6, 6.07) is 26.9. The predicted molar refractivity (Wildman–Crippen MR) is 245 cm³/mol. The van der Waals surface area contributed by atoms with Crippen LogP contribution in [0.2, 0.25) is 0 Å². The van der Waals surface area contributed by atoms with Crippen molar-refractivity contribution in [3.05, 3.63) is 119 Å². The molecule has 5 amide bonds. The molecule has 0 heterocycles. The number of para-hydroxylation sites is 2. The number of aryl methyl sites for hydroxylation is 2. The van der Waals surface area contributed by atoms with E-state index >= 15 is 0 Å². The lowest BCUT2D eigenvalue weighted by atomic mass is 10.0. The number of hydrogen-bond acceptors (Lipinski definition) is 9. The van der Waals surface area contributed by atoms with Gasteiger partial charge in [-0.1, -0.05) is 95.8 Å². The zero-order chi connectivity index (χ0) is 45.5. The molecule has 4 aromatic carbocycles. The van der Waals surface area contributed by atoms with Gasteiger partial charge in [0.2, 0.25) is 5.91 Å². The van der Waals surface area contributed by atoms with Gasteiger partial charge in [0.1, 0.15) is 12.1 Å². The molecule has 15 heteroatoms. The first kappa shape index (κ1) is 53.3. The first-order valence-corrected chi connectivity index (χ1v) is 19.8. The van der Waals surface area contributed by atoms with E-state index in [2.05, 4.69) is 31.3 Å². The summed E-state index contributed by atoms with van der Waals surface area (Å²) in [5.41, 5.74) is 11.6. The third-order valence-electron chi connectivity index (χ3n) is 8.69. The van der Waals surface area contributed by atoms with Crippen LogP contribution in [0.1, 0.15) is 70.2 Å². The molecular weight excluding hydrogens is 793 g/mol. The van der Waals surface area contributed by atoms with Crippen LogP contribution in [0.15, 0.2) is 97.1 Å². The van der Waals surface area contributed by atoms with Crippen molar-refractivity contribution < 1.29 is 43.3 Å². The number of methoxy groups -OCH3 is 2. The molecule has 0 radical (unpaired) electrons. The summed E-state index contributed by atoms with van der Waals surface area (Å²) >= 11 is 0. The second-order valence-electron chi connectivity index (χ2n) is 15.0. The molecule has 0 aliphatic carbocycles. The maximum Gasteiger partial charge on any atom is 0.328 e. The van der Waals surface area contributed by atoms with Crippen molar-refractivity contribution in [2.24, 2.45) is 17.6 Å². The van der Waals surface area contributed by atoms with Gasteiger partial charge in [0, 0.05) is 22.7 Å². The van der Waals surface area contributed by atoms with Crippen LogP contribution in [0, 0.1) is 25.7 Å².